The number of benzene rings is 1. The van der Waals surface area contributed by atoms with Gasteiger partial charge in [0.1, 0.15) is 29.3 Å². The molecule has 3 N–H and O–H groups in total. The van der Waals surface area contributed by atoms with Gasteiger partial charge in [-0.3, -0.25) is 0 Å². The quantitative estimate of drug-likeness (QED) is 0.513. The summed E-state index contributed by atoms with van der Waals surface area (Å²) in [6.45, 7) is 4.43. The number of aromatic nitrogens is 3. The monoisotopic (exact) mass is 477 g/mol. The maximum absolute atomic E-state index is 13.1. The van der Waals surface area contributed by atoms with Crippen molar-refractivity contribution < 1.29 is 27.4 Å². The molecule has 2 aromatic heterocycles. The summed E-state index contributed by atoms with van der Waals surface area (Å²) < 4.78 is 56.7. The molecule has 34 heavy (non-hydrogen) atoms. The fourth-order valence-corrected chi connectivity index (χ4v) is 3.93. The summed E-state index contributed by atoms with van der Waals surface area (Å²) in [6, 6.07) is 5.86. The van der Waals surface area contributed by atoms with Crippen LogP contribution in [0.4, 0.5) is 24.8 Å². The van der Waals surface area contributed by atoms with Crippen LogP contribution < -0.4 is 20.5 Å². The molecule has 11 heteroatoms. The van der Waals surface area contributed by atoms with E-state index in [0.717, 1.165) is 18.9 Å². The van der Waals surface area contributed by atoms with Crippen molar-refractivity contribution in [2.24, 2.45) is 0 Å². The number of nitrogens with two attached hydrogens (primary N) is 1. The summed E-state index contributed by atoms with van der Waals surface area (Å²) in [4.78, 5) is 12.3. The van der Waals surface area contributed by atoms with Gasteiger partial charge < -0.3 is 25.3 Å². The predicted octanol–water partition coefficient (Wildman–Crippen LogP) is 4.50. The van der Waals surface area contributed by atoms with E-state index in [1.54, 1.807) is 26.2 Å². The molecule has 0 radical (unpaired) electrons. The molecular weight excluding hydrogens is 451 g/mol. The zero-order chi connectivity index (χ0) is 24.5. The van der Waals surface area contributed by atoms with Crippen LogP contribution in [-0.2, 0) is 17.5 Å². The minimum atomic E-state index is -4.59. The Morgan fingerprint density at radius 2 is 1.97 bits per heavy atom. The van der Waals surface area contributed by atoms with Gasteiger partial charge in [-0.1, -0.05) is 0 Å². The first kappa shape index (κ1) is 23.8. The third kappa shape index (κ3) is 5.24. The van der Waals surface area contributed by atoms with Gasteiger partial charge in [0.05, 0.1) is 18.7 Å². The third-order valence-corrected chi connectivity index (χ3v) is 5.55. The highest BCUT2D eigenvalue weighted by Gasteiger charge is 2.33. The molecule has 3 heterocycles. The van der Waals surface area contributed by atoms with Crippen LogP contribution in [0, 0.1) is 6.92 Å². The van der Waals surface area contributed by atoms with E-state index < -0.39 is 11.9 Å². The van der Waals surface area contributed by atoms with Gasteiger partial charge in [0.2, 0.25) is 0 Å². The van der Waals surface area contributed by atoms with Crippen molar-refractivity contribution in [3.8, 4) is 11.5 Å². The number of halogens is 3. The van der Waals surface area contributed by atoms with Crippen LogP contribution in [-0.4, -0.2) is 40.9 Å². The number of methoxy groups -OCH3 is 1. The van der Waals surface area contributed by atoms with Gasteiger partial charge in [0.25, 0.3) is 0 Å². The van der Waals surface area contributed by atoms with Crippen LogP contribution in [0.25, 0.3) is 10.9 Å². The van der Waals surface area contributed by atoms with Crippen molar-refractivity contribution >= 4 is 22.5 Å². The van der Waals surface area contributed by atoms with Crippen molar-refractivity contribution in [1.82, 2.24) is 15.0 Å². The minimum Gasteiger partial charge on any atom is -0.493 e. The largest absolute Gasteiger partial charge is 0.493 e. The number of ether oxygens (including phenoxy) is 3. The summed E-state index contributed by atoms with van der Waals surface area (Å²) in [6.07, 6.45) is -2.89. The number of fused-ring (bicyclic) bond motifs is 1. The Balaban J connectivity index is 1.65. The number of hydrogen-bond acceptors (Lipinski definition) is 8. The predicted molar refractivity (Wildman–Crippen MR) is 121 cm³/mol. The van der Waals surface area contributed by atoms with Crippen molar-refractivity contribution in [3.63, 3.8) is 0 Å². The van der Waals surface area contributed by atoms with Gasteiger partial charge in [-0.2, -0.15) is 13.2 Å². The van der Waals surface area contributed by atoms with Crippen LogP contribution >= 0.6 is 0 Å². The maximum Gasteiger partial charge on any atom is 0.433 e. The number of aryl methyl sites for hydroxylation is 1. The molecule has 3 aromatic rings. The second kappa shape index (κ2) is 9.49. The standard InChI is InChI=1S/C23H26F3N5O3/c1-12(17-5-4-6-33-17)34-19-9-15-16(10-18(19)32-3)29-13(2)30-22(15)28-11-14-7-20(23(24,25)26)31-21(27)8-14/h7-10,12,17H,4-6,11H2,1-3H3,(H2,27,31)(H,28,29,30)/t12?,17-/m1/s1. The number of nitrogen functional groups attached to an aromatic ring is 1. The second-order valence-electron chi connectivity index (χ2n) is 8.15. The number of nitrogens with one attached hydrogen (secondary N) is 1. The minimum absolute atomic E-state index is 0.00718. The fourth-order valence-electron chi connectivity index (χ4n) is 3.93. The lowest BCUT2D eigenvalue weighted by Crippen LogP contribution is -2.28. The van der Waals surface area contributed by atoms with E-state index in [0.29, 0.717) is 46.2 Å². The van der Waals surface area contributed by atoms with Crippen molar-refractivity contribution in [2.45, 2.75) is 51.6 Å². The van der Waals surface area contributed by atoms with Crippen molar-refractivity contribution in [2.75, 3.05) is 24.8 Å². The van der Waals surface area contributed by atoms with Crippen LogP contribution in [0.5, 0.6) is 11.5 Å². The molecule has 182 valence electrons. The van der Waals surface area contributed by atoms with E-state index in [1.807, 2.05) is 6.92 Å². The highest BCUT2D eigenvalue weighted by molar-refractivity contribution is 5.91. The number of pyridine rings is 1. The van der Waals surface area contributed by atoms with Gasteiger partial charge >= 0.3 is 6.18 Å². The van der Waals surface area contributed by atoms with E-state index in [2.05, 4.69) is 20.3 Å². The van der Waals surface area contributed by atoms with Crippen LogP contribution in [0.15, 0.2) is 24.3 Å². The number of anilines is 2. The number of rotatable bonds is 7. The molecule has 0 amide bonds. The Morgan fingerprint density at radius 1 is 1.18 bits per heavy atom. The highest BCUT2D eigenvalue weighted by Crippen LogP contribution is 2.36. The second-order valence-corrected chi connectivity index (χ2v) is 8.15. The van der Waals surface area contributed by atoms with E-state index >= 15 is 0 Å². The molecule has 8 nitrogen and oxygen atoms in total. The number of nitrogens with zero attached hydrogens (tertiary/aromatic N) is 3. The fraction of sp³-hybridized carbons (Fsp3) is 0.435. The molecular formula is C23H26F3N5O3. The highest BCUT2D eigenvalue weighted by atomic mass is 19.4. The molecule has 1 fully saturated rings. The molecule has 1 aliphatic heterocycles. The summed E-state index contributed by atoms with van der Waals surface area (Å²) in [5, 5.41) is 3.74. The van der Waals surface area contributed by atoms with Gasteiger partial charge in [0, 0.05) is 24.6 Å². The normalized spacial score (nSPS) is 17.1. The smallest absolute Gasteiger partial charge is 0.433 e. The lowest BCUT2D eigenvalue weighted by molar-refractivity contribution is -0.141. The van der Waals surface area contributed by atoms with Crippen LogP contribution in [0.2, 0.25) is 0 Å². The Bertz CT molecular complexity index is 1180. The van der Waals surface area contributed by atoms with Crippen molar-refractivity contribution in [1.29, 1.82) is 0 Å². The Hall–Kier alpha value is -3.34. The first-order chi connectivity index (χ1) is 16.1. The van der Waals surface area contributed by atoms with E-state index in [4.69, 9.17) is 19.9 Å². The number of alkyl halides is 3. The van der Waals surface area contributed by atoms with E-state index in [1.165, 1.54) is 6.07 Å². The Morgan fingerprint density at radius 3 is 2.65 bits per heavy atom. The molecule has 0 saturated carbocycles. The molecule has 1 saturated heterocycles. The first-order valence-electron chi connectivity index (χ1n) is 10.9. The van der Waals surface area contributed by atoms with Crippen molar-refractivity contribution in [3.05, 3.63) is 41.3 Å². The molecule has 0 bridgehead atoms. The SMILES string of the molecule is COc1cc2nc(C)nc(NCc3cc(N)nc(C(F)(F)F)c3)c2cc1OC(C)[C@H]1CCCO1. The Kier molecular flexibility index (Phi) is 6.65. The zero-order valence-electron chi connectivity index (χ0n) is 19.1. The molecule has 0 spiro atoms. The van der Waals surface area contributed by atoms with Gasteiger partial charge in [-0.15, -0.1) is 0 Å². The Labute approximate surface area is 194 Å². The van der Waals surface area contributed by atoms with Gasteiger partial charge in [-0.05, 0) is 50.5 Å². The average molecular weight is 477 g/mol. The number of hydrogen-bond donors (Lipinski definition) is 2. The van der Waals surface area contributed by atoms with Gasteiger partial charge in [0.15, 0.2) is 11.5 Å². The maximum atomic E-state index is 13.1. The van der Waals surface area contributed by atoms with E-state index in [9.17, 15) is 13.2 Å². The molecule has 1 aliphatic rings. The van der Waals surface area contributed by atoms with Crippen LogP contribution in [0.1, 0.15) is 36.8 Å². The molecule has 1 aromatic carbocycles. The molecule has 0 aliphatic carbocycles. The summed E-state index contributed by atoms with van der Waals surface area (Å²) >= 11 is 0. The molecule has 1 unspecified atom stereocenters. The third-order valence-electron chi connectivity index (χ3n) is 5.55. The first-order valence-corrected chi connectivity index (χ1v) is 10.9. The summed E-state index contributed by atoms with van der Waals surface area (Å²) in [5.41, 5.74) is 5.47. The average Bonchev–Trinajstić information content (AvgIpc) is 3.31. The lowest BCUT2D eigenvalue weighted by atomic mass is 10.1. The summed E-state index contributed by atoms with van der Waals surface area (Å²) in [5.74, 6) is 1.74. The topological polar surface area (TPSA) is 104 Å². The summed E-state index contributed by atoms with van der Waals surface area (Å²) in [7, 11) is 1.55. The molecule has 4 rings (SSSR count). The van der Waals surface area contributed by atoms with E-state index in [-0.39, 0.29) is 24.6 Å². The lowest BCUT2D eigenvalue weighted by Gasteiger charge is -2.22. The van der Waals surface area contributed by atoms with Gasteiger partial charge in [-0.25, -0.2) is 15.0 Å². The zero-order valence-corrected chi connectivity index (χ0v) is 19.1. The van der Waals surface area contributed by atoms with Crippen LogP contribution in [0.3, 0.4) is 0 Å². The molecule has 2 atom stereocenters.